The minimum absolute atomic E-state index is 0.199. The molecule has 0 unspecified atom stereocenters. The van der Waals surface area contributed by atoms with Crippen LogP contribution in [0.25, 0.3) is 11.3 Å². The summed E-state index contributed by atoms with van der Waals surface area (Å²) in [6, 6.07) is 8.96. The quantitative estimate of drug-likeness (QED) is 0.490. The molecule has 1 aromatic carbocycles. The van der Waals surface area contributed by atoms with Crippen LogP contribution in [0.4, 0.5) is 18.9 Å². The Morgan fingerprint density at radius 3 is 2.42 bits per heavy atom. The number of alkyl halides is 3. The highest BCUT2D eigenvalue weighted by atomic mass is 35.5. The van der Waals surface area contributed by atoms with Gasteiger partial charge in [-0.05, 0) is 30.3 Å². The van der Waals surface area contributed by atoms with Gasteiger partial charge in [0.2, 0.25) is 0 Å². The number of nitrogens with two attached hydrogens (primary N) is 1. The van der Waals surface area contributed by atoms with Gasteiger partial charge in [-0.2, -0.15) is 18.3 Å². The Balaban J connectivity index is 0.000000479. The van der Waals surface area contributed by atoms with E-state index in [1.165, 1.54) is 0 Å². The molecule has 33 heavy (non-hydrogen) atoms. The summed E-state index contributed by atoms with van der Waals surface area (Å²) in [5.41, 5.74) is 8.17. The number of hydrogen-bond donors (Lipinski definition) is 3. The average molecular weight is 488 g/mol. The molecule has 0 aliphatic rings. The van der Waals surface area contributed by atoms with Crippen LogP contribution in [0.2, 0.25) is 5.02 Å². The number of carboxylic acids is 1. The van der Waals surface area contributed by atoms with E-state index in [-0.39, 0.29) is 5.91 Å². The molecule has 0 fully saturated rings. The SMILES string of the molecule is Cn1cccc1C(=O)Nc1ccc(OCCN)c(-c2c(Cl)cnn2C)c1.O=C(O)C(F)(F)F. The maximum atomic E-state index is 12.5. The molecule has 0 spiro atoms. The number of hydrogen-bond acceptors (Lipinski definition) is 5. The van der Waals surface area contributed by atoms with Crippen molar-refractivity contribution in [3.05, 3.63) is 53.4 Å². The lowest BCUT2D eigenvalue weighted by Gasteiger charge is -2.14. The number of rotatable bonds is 6. The van der Waals surface area contributed by atoms with Crippen molar-refractivity contribution >= 4 is 29.2 Å². The van der Waals surface area contributed by atoms with Gasteiger partial charge in [0.05, 0.1) is 16.9 Å². The predicted molar refractivity (Wildman–Crippen MR) is 115 cm³/mol. The van der Waals surface area contributed by atoms with E-state index in [0.717, 1.165) is 5.56 Å². The second kappa shape index (κ2) is 10.9. The Kier molecular flexibility index (Phi) is 8.49. The Hall–Kier alpha value is -3.51. The summed E-state index contributed by atoms with van der Waals surface area (Å²) in [4.78, 5) is 21.4. The van der Waals surface area contributed by atoms with Gasteiger partial charge in [0, 0.05) is 38.1 Å². The molecule has 0 radical (unpaired) electrons. The van der Waals surface area contributed by atoms with E-state index in [2.05, 4.69) is 10.4 Å². The molecule has 3 rings (SSSR count). The van der Waals surface area contributed by atoms with Gasteiger partial charge in [-0.1, -0.05) is 11.6 Å². The first-order valence-electron chi connectivity index (χ1n) is 9.33. The van der Waals surface area contributed by atoms with Gasteiger partial charge < -0.3 is 25.5 Å². The predicted octanol–water partition coefficient (Wildman–Crippen LogP) is 3.30. The van der Waals surface area contributed by atoms with Gasteiger partial charge in [-0.15, -0.1) is 0 Å². The lowest BCUT2D eigenvalue weighted by Crippen LogP contribution is -2.21. The number of aromatic nitrogens is 3. The van der Waals surface area contributed by atoms with Crippen LogP contribution < -0.4 is 15.8 Å². The maximum Gasteiger partial charge on any atom is 0.490 e. The van der Waals surface area contributed by atoms with Crippen molar-refractivity contribution in [1.82, 2.24) is 14.3 Å². The van der Waals surface area contributed by atoms with Crippen LogP contribution in [0.5, 0.6) is 5.75 Å². The molecular formula is C20H21ClF3N5O4. The maximum absolute atomic E-state index is 12.5. The third-order valence-electron chi connectivity index (χ3n) is 4.18. The average Bonchev–Trinajstić information content (AvgIpc) is 3.31. The number of aliphatic carboxylic acids is 1. The van der Waals surface area contributed by atoms with Gasteiger partial charge in [0.25, 0.3) is 5.91 Å². The second-order valence-electron chi connectivity index (χ2n) is 6.57. The summed E-state index contributed by atoms with van der Waals surface area (Å²) in [7, 11) is 3.61. The summed E-state index contributed by atoms with van der Waals surface area (Å²) < 4.78 is 40.9. The summed E-state index contributed by atoms with van der Waals surface area (Å²) in [6.07, 6.45) is -1.70. The normalized spacial score (nSPS) is 10.9. The third kappa shape index (κ3) is 6.73. The Morgan fingerprint density at radius 1 is 1.27 bits per heavy atom. The zero-order valence-corrected chi connectivity index (χ0v) is 18.3. The fraction of sp³-hybridized carbons (Fsp3) is 0.250. The monoisotopic (exact) mass is 487 g/mol. The van der Waals surface area contributed by atoms with Crippen LogP contribution in [-0.2, 0) is 18.9 Å². The molecule has 0 aliphatic carbocycles. The molecule has 0 bridgehead atoms. The number of nitrogens with one attached hydrogen (secondary N) is 1. The molecule has 4 N–H and O–H groups in total. The van der Waals surface area contributed by atoms with Crippen LogP contribution in [0.15, 0.2) is 42.7 Å². The van der Waals surface area contributed by atoms with E-state index >= 15 is 0 Å². The molecule has 3 aromatic rings. The van der Waals surface area contributed by atoms with Gasteiger partial charge in [0.15, 0.2) is 0 Å². The van der Waals surface area contributed by atoms with E-state index in [9.17, 15) is 18.0 Å². The number of amides is 1. The highest BCUT2D eigenvalue weighted by molar-refractivity contribution is 6.33. The number of aryl methyl sites for hydroxylation is 2. The lowest BCUT2D eigenvalue weighted by molar-refractivity contribution is -0.192. The highest BCUT2D eigenvalue weighted by Crippen LogP contribution is 2.36. The van der Waals surface area contributed by atoms with E-state index in [4.69, 9.17) is 32.0 Å². The van der Waals surface area contributed by atoms with Crippen molar-refractivity contribution in [2.75, 3.05) is 18.5 Å². The molecule has 0 atom stereocenters. The molecule has 0 saturated heterocycles. The van der Waals surface area contributed by atoms with Gasteiger partial charge in [-0.25, -0.2) is 4.79 Å². The van der Waals surface area contributed by atoms with Crippen molar-refractivity contribution in [3.8, 4) is 17.0 Å². The third-order valence-corrected chi connectivity index (χ3v) is 4.46. The lowest BCUT2D eigenvalue weighted by atomic mass is 10.1. The van der Waals surface area contributed by atoms with E-state index in [0.29, 0.717) is 41.0 Å². The number of halogens is 4. The van der Waals surface area contributed by atoms with Crippen molar-refractivity contribution < 1.29 is 32.6 Å². The smallest absolute Gasteiger partial charge is 0.490 e. The topological polar surface area (TPSA) is 124 Å². The van der Waals surface area contributed by atoms with Crippen molar-refractivity contribution in [3.63, 3.8) is 0 Å². The second-order valence-corrected chi connectivity index (χ2v) is 6.98. The van der Waals surface area contributed by atoms with Crippen molar-refractivity contribution in [2.24, 2.45) is 19.8 Å². The highest BCUT2D eigenvalue weighted by Gasteiger charge is 2.38. The van der Waals surface area contributed by atoms with Crippen LogP contribution >= 0.6 is 11.6 Å². The molecule has 9 nitrogen and oxygen atoms in total. The first-order valence-corrected chi connectivity index (χ1v) is 9.71. The Bertz CT molecular complexity index is 1110. The fourth-order valence-corrected chi connectivity index (χ4v) is 2.96. The number of carbonyl (C=O) groups excluding carboxylic acids is 1. The molecule has 13 heteroatoms. The number of carbonyl (C=O) groups is 2. The number of carboxylic acid groups (broad SMARTS) is 1. The van der Waals surface area contributed by atoms with Gasteiger partial charge >= 0.3 is 12.1 Å². The van der Waals surface area contributed by atoms with Crippen LogP contribution in [0.1, 0.15) is 10.5 Å². The minimum Gasteiger partial charge on any atom is -0.492 e. The van der Waals surface area contributed by atoms with Gasteiger partial charge in [0.1, 0.15) is 18.1 Å². The molecule has 0 aliphatic heterocycles. The summed E-state index contributed by atoms with van der Waals surface area (Å²) >= 11 is 6.29. The van der Waals surface area contributed by atoms with E-state index in [1.54, 1.807) is 40.7 Å². The number of ether oxygens (including phenoxy) is 1. The van der Waals surface area contributed by atoms with Crippen LogP contribution in [-0.4, -0.2) is 50.7 Å². The largest absolute Gasteiger partial charge is 0.492 e. The van der Waals surface area contributed by atoms with Crippen molar-refractivity contribution in [1.29, 1.82) is 0 Å². The molecular weight excluding hydrogens is 467 g/mol. The Morgan fingerprint density at radius 2 is 1.94 bits per heavy atom. The Labute approximate surface area is 191 Å². The zero-order chi connectivity index (χ0) is 24.8. The van der Waals surface area contributed by atoms with E-state index < -0.39 is 12.1 Å². The van der Waals surface area contributed by atoms with Gasteiger partial charge in [-0.3, -0.25) is 9.48 Å². The fourth-order valence-electron chi connectivity index (χ4n) is 2.69. The molecule has 2 aromatic heterocycles. The summed E-state index contributed by atoms with van der Waals surface area (Å²) in [5, 5.41) is 14.7. The molecule has 2 heterocycles. The number of anilines is 1. The van der Waals surface area contributed by atoms with Crippen LogP contribution in [0, 0.1) is 0 Å². The standard InChI is InChI=1S/C18H20ClN5O2.C2HF3O2/c1-23-8-3-4-15(23)18(25)22-12-5-6-16(26-9-7-20)13(10-12)17-14(19)11-21-24(17)2;3-2(4,5)1(6)7/h3-6,8,10-11H,7,9,20H2,1-2H3,(H,22,25);(H,6,7). The molecule has 1 amide bonds. The van der Waals surface area contributed by atoms with Crippen molar-refractivity contribution in [2.45, 2.75) is 6.18 Å². The zero-order valence-electron chi connectivity index (χ0n) is 17.6. The minimum atomic E-state index is -5.08. The number of benzene rings is 1. The first-order chi connectivity index (χ1) is 15.5. The summed E-state index contributed by atoms with van der Waals surface area (Å²) in [5.74, 6) is -2.33. The van der Waals surface area contributed by atoms with E-state index in [1.807, 2.05) is 25.4 Å². The molecule has 0 saturated carbocycles. The molecule has 178 valence electrons. The van der Waals surface area contributed by atoms with Crippen LogP contribution in [0.3, 0.4) is 0 Å². The number of nitrogens with zero attached hydrogens (tertiary/aromatic N) is 3. The first kappa shape index (κ1) is 25.7. The summed E-state index contributed by atoms with van der Waals surface area (Å²) in [6.45, 7) is 0.766.